The molecule has 588 valence electrons. The summed E-state index contributed by atoms with van der Waals surface area (Å²) in [6.07, 6.45) is 10.8. The summed E-state index contributed by atoms with van der Waals surface area (Å²) in [4.78, 5) is 121. The first-order valence-electron chi connectivity index (χ1n) is 37.3. The predicted octanol–water partition coefficient (Wildman–Crippen LogP) is 11.2. The molecule has 18 heterocycles. The number of methoxy groups -OCH3 is 3. The van der Waals surface area contributed by atoms with Crippen molar-refractivity contribution in [2.24, 2.45) is 0 Å². The molecule has 3 fully saturated rings. The number of rotatable bonds is 21. The van der Waals surface area contributed by atoms with Crippen molar-refractivity contribution in [2.75, 3.05) is 111 Å². The molecule has 0 spiro atoms. The Balaban J connectivity index is 0.000000129. The van der Waals surface area contributed by atoms with Gasteiger partial charge in [0.1, 0.15) is 69.7 Å². The van der Waals surface area contributed by atoms with Crippen LogP contribution in [0.2, 0.25) is 0 Å². The number of morpholine rings is 3. The molecule has 9 atom stereocenters. The molecule has 33 nitrogen and oxygen atoms in total. The van der Waals surface area contributed by atoms with Gasteiger partial charge in [-0.2, -0.15) is 0 Å². The zero-order chi connectivity index (χ0) is 78.7. The van der Waals surface area contributed by atoms with Crippen molar-refractivity contribution in [3.8, 4) is 34.2 Å². The second-order valence-corrected chi connectivity index (χ2v) is 31.0. The highest BCUT2D eigenvalue weighted by Crippen LogP contribution is 2.40. The maximum atomic E-state index is 13.4. The van der Waals surface area contributed by atoms with E-state index in [1.807, 2.05) is 70.7 Å². The van der Waals surface area contributed by atoms with Gasteiger partial charge >= 0.3 is 0 Å². The van der Waals surface area contributed by atoms with Crippen LogP contribution >= 0.6 is 34.0 Å². The fourth-order valence-corrected chi connectivity index (χ4v) is 17.4. The Bertz CT molecular complexity index is 5450. The van der Waals surface area contributed by atoms with Crippen LogP contribution in [0.4, 0.5) is 34.5 Å². The largest absolute Gasteiger partial charge is 0.382 e. The van der Waals surface area contributed by atoms with Gasteiger partial charge in [-0.3, -0.25) is 14.4 Å². The van der Waals surface area contributed by atoms with Crippen LogP contribution in [0.25, 0.3) is 98.3 Å². The third kappa shape index (κ3) is 16.3. The van der Waals surface area contributed by atoms with E-state index in [0.29, 0.717) is 105 Å². The topological polar surface area (TPSA) is 402 Å². The molecule has 3 aliphatic rings. The van der Waals surface area contributed by atoms with Crippen LogP contribution in [-0.2, 0) is 28.4 Å². The standard InChI is InChI=1S/3C26H28N8O3S/c3*1-14-11-34(12-15(2)37-14)19-6-5-17-24(32-19)33-25(30-17)20-21(22-16(7-10-38-22)31-26(20)35)29-18(13-36-3)23-27-8-4-9-28-23/h3*4-10,14-15,18H,11-13H2,1-3H3,(H2,29,31,35)(H,30,32,33)/t14-,15+,18?;2*14-,15+,18-/m.10/s1. The fourth-order valence-electron chi connectivity index (χ4n) is 14.8. The number of ether oxygens (including phenoxy) is 6. The monoisotopic (exact) mass is 1600 g/mol. The molecule has 0 radical (unpaired) electrons. The Morgan fingerprint density at radius 1 is 0.377 bits per heavy atom. The van der Waals surface area contributed by atoms with Gasteiger partial charge in [-0.05, 0) is 130 Å². The minimum atomic E-state index is -0.383. The minimum Gasteiger partial charge on any atom is -0.382 e. The summed E-state index contributed by atoms with van der Waals surface area (Å²) < 4.78 is 36.7. The van der Waals surface area contributed by atoms with Crippen LogP contribution < -0.4 is 47.3 Å². The van der Waals surface area contributed by atoms with Crippen molar-refractivity contribution < 1.29 is 28.4 Å². The van der Waals surface area contributed by atoms with Crippen LogP contribution in [0, 0.1) is 0 Å². The van der Waals surface area contributed by atoms with E-state index in [4.69, 9.17) is 58.3 Å². The summed E-state index contributed by atoms with van der Waals surface area (Å²) in [6.45, 7) is 17.8. The molecule has 9 N–H and O–H groups in total. The van der Waals surface area contributed by atoms with Gasteiger partial charge in [0.25, 0.3) is 16.7 Å². The van der Waals surface area contributed by atoms with Gasteiger partial charge in [0.15, 0.2) is 34.4 Å². The highest BCUT2D eigenvalue weighted by Gasteiger charge is 2.32. The Morgan fingerprint density at radius 2 is 0.640 bits per heavy atom. The van der Waals surface area contributed by atoms with E-state index in [1.54, 1.807) is 76.7 Å². The lowest BCUT2D eigenvalue weighted by atomic mass is 10.1. The molecule has 3 aliphatic heterocycles. The summed E-state index contributed by atoms with van der Waals surface area (Å²) in [5, 5.41) is 16.3. The number of aromatic amines is 6. The van der Waals surface area contributed by atoms with Crippen LogP contribution in [0.5, 0.6) is 0 Å². The number of anilines is 6. The molecular weight excluding hydrogens is 1510 g/mol. The van der Waals surface area contributed by atoms with Gasteiger partial charge in [0, 0.05) is 97.8 Å². The van der Waals surface area contributed by atoms with Gasteiger partial charge in [0.2, 0.25) is 0 Å². The molecule has 15 aromatic heterocycles. The van der Waals surface area contributed by atoms with E-state index in [0.717, 1.165) is 104 Å². The average Bonchev–Trinajstić information content (AvgIpc) is 1.57. The first-order valence-corrected chi connectivity index (χ1v) is 39.9. The zero-order valence-corrected chi connectivity index (χ0v) is 66.2. The first-order chi connectivity index (χ1) is 55.5. The van der Waals surface area contributed by atoms with Crippen LogP contribution in [0.15, 0.2) is 141 Å². The highest BCUT2D eigenvalue weighted by atomic mass is 32.1. The first kappa shape index (κ1) is 76.4. The lowest BCUT2D eigenvalue weighted by Crippen LogP contribution is -2.45. The van der Waals surface area contributed by atoms with Crippen molar-refractivity contribution >= 4 is 133 Å². The number of H-pyrrole nitrogens is 6. The number of pyridine rings is 6. The fraction of sp³-hybridized carbons (Fsp3) is 0.346. The molecule has 0 aliphatic carbocycles. The molecule has 15 aromatic rings. The molecule has 114 heavy (non-hydrogen) atoms. The number of imidazole rings is 3. The third-order valence-corrected chi connectivity index (χ3v) is 22.2. The average molecular weight is 1600 g/mol. The molecule has 0 saturated carbocycles. The smallest absolute Gasteiger partial charge is 0.261 e. The molecular formula is C78H84N24O9S3. The Hall–Kier alpha value is -11.6. The summed E-state index contributed by atoms with van der Waals surface area (Å²) >= 11 is 4.58. The second kappa shape index (κ2) is 33.6. The maximum absolute atomic E-state index is 13.4. The Labute approximate surface area is 663 Å². The molecule has 1 unspecified atom stereocenters. The van der Waals surface area contributed by atoms with E-state index in [-0.39, 0.29) is 71.4 Å². The van der Waals surface area contributed by atoms with Gasteiger partial charge in [-0.25, -0.2) is 59.8 Å². The van der Waals surface area contributed by atoms with Crippen LogP contribution in [0.3, 0.4) is 0 Å². The number of nitrogens with one attached hydrogen (secondary N) is 9. The normalized spacial score (nSPS) is 18.8. The van der Waals surface area contributed by atoms with Crippen molar-refractivity contribution in [3.05, 3.63) is 175 Å². The quantitative estimate of drug-likeness (QED) is 0.0323. The number of hydrogen-bond acceptors (Lipinski definition) is 30. The van der Waals surface area contributed by atoms with Gasteiger partial charge in [-0.15, -0.1) is 34.0 Å². The van der Waals surface area contributed by atoms with Crippen molar-refractivity contribution in [1.29, 1.82) is 0 Å². The van der Waals surface area contributed by atoms with Crippen molar-refractivity contribution in [2.45, 2.75) is 96.3 Å². The number of fused-ring (bicyclic) bond motifs is 6. The Morgan fingerprint density at radius 3 is 0.895 bits per heavy atom. The van der Waals surface area contributed by atoms with Crippen molar-refractivity contribution in [3.63, 3.8) is 0 Å². The summed E-state index contributed by atoms with van der Waals surface area (Å²) in [6, 6.07) is 21.6. The zero-order valence-electron chi connectivity index (χ0n) is 63.8. The van der Waals surface area contributed by atoms with Crippen molar-refractivity contribution in [1.82, 2.24) is 89.7 Å². The van der Waals surface area contributed by atoms with Gasteiger partial charge < -0.3 is 89.0 Å². The summed E-state index contributed by atoms with van der Waals surface area (Å²) in [5.41, 5.74) is 8.39. The molecule has 0 bridgehead atoms. The number of nitrogens with zero attached hydrogens (tertiary/aromatic N) is 15. The molecule has 36 heteroatoms. The number of thiophene rings is 3. The molecule has 3 saturated heterocycles. The number of aromatic nitrogens is 18. The predicted molar refractivity (Wildman–Crippen MR) is 443 cm³/mol. The maximum Gasteiger partial charge on any atom is 0.261 e. The van der Waals surface area contributed by atoms with Crippen LogP contribution in [-0.4, -0.2) is 207 Å². The molecule has 0 aromatic carbocycles. The lowest BCUT2D eigenvalue weighted by Gasteiger charge is -2.36. The van der Waals surface area contributed by atoms with E-state index in [2.05, 4.69) is 132 Å². The highest BCUT2D eigenvalue weighted by molar-refractivity contribution is 7.18. The summed E-state index contributed by atoms with van der Waals surface area (Å²) in [7, 11) is 4.86. The van der Waals surface area contributed by atoms with E-state index in [1.165, 1.54) is 34.0 Å². The second-order valence-electron chi connectivity index (χ2n) is 28.2. The number of hydrogen-bond donors (Lipinski definition) is 9. The van der Waals surface area contributed by atoms with E-state index < -0.39 is 0 Å². The van der Waals surface area contributed by atoms with E-state index in [9.17, 15) is 14.4 Å². The van der Waals surface area contributed by atoms with Gasteiger partial charge in [0.05, 0.1) is 121 Å². The Kier molecular flexibility index (Phi) is 22.5. The molecule has 18 rings (SSSR count). The van der Waals surface area contributed by atoms with E-state index >= 15 is 0 Å². The molecule has 0 amide bonds. The summed E-state index contributed by atoms with van der Waals surface area (Å²) in [5.74, 6) is 5.48. The SMILES string of the molecule is COCC(Nc1c(-c2nc3nc(N4C[C@@H](C)O[C@@H](C)C4)ccc3[nH]2)c(=O)[nH]c2ccsc12)c1ncccn1.COC[C@@H](Nc1c(-c2nc3nc(N4C[C@@H](C)O[C@@H](C)C4)ccc3[nH]2)c(=O)[nH]c2ccsc12)c1ncccn1.COC[C@H](Nc1c(-c2nc3nc(N4C[C@@H](C)O[C@@H](C)C4)ccc3[nH]2)c(=O)[nH]c2ccsc12)c1ncccn1. The lowest BCUT2D eigenvalue weighted by molar-refractivity contribution is -0.00570. The third-order valence-electron chi connectivity index (χ3n) is 19.4. The minimum absolute atomic E-state index is 0.115. The van der Waals surface area contributed by atoms with Gasteiger partial charge in [-0.1, -0.05) is 0 Å². The van der Waals surface area contributed by atoms with Crippen LogP contribution in [0.1, 0.15) is 77.1 Å².